The van der Waals surface area contributed by atoms with Gasteiger partial charge in [-0.3, -0.25) is 4.79 Å². The Morgan fingerprint density at radius 2 is 1.77 bits per heavy atom. The minimum Gasteiger partial charge on any atom is -0.496 e. The van der Waals surface area contributed by atoms with Gasteiger partial charge in [0.05, 0.1) is 23.7 Å². The van der Waals surface area contributed by atoms with Crippen molar-refractivity contribution in [3.8, 4) is 5.75 Å². The van der Waals surface area contributed by atoms with Gasteiger partial charge in [-0.1, -0.05) is 36.4 Å². The molecule has 1 amide bonds. The van der Waals surface area contributed by atoms with E-state index < -0.39 is 0 Å². The average molecular weight is 417 g/mol. The third-order valence-corrected chi connectivity index (χ3v) is 5.20. The lowest BCUT2D eigenvalue weighted by Gasteiger charge is -2.11. The normalized spacial score (nSPS) is 10.9. The van der Waals surface area contributed by atoms with Crippen molar-refractivity contribution in [3.05, 3.63) is 95.6 Å². The van der Waals surface area contributed by atoms with E-state index in [4.69, 9.17) is 9.72 Å². The summed E-state index contributed by atoms with van der Waals surface area (Å²) < 4.78 is 20.7. The van der Waals surface area contributed by atoms with Crippen molar-refractivity contribution in [2.45, 2.75) is 19.4 Å². The highest BCUT2D eigenvalue weighted by Gasteiger charge is 2.13. The van der Waals surface area contributed by atoms with Crippen molar-refractivity contribution in [3.63, 3.8) is 0 Å². The number of para-hydroxylation sites is 3. The number of imidazole rings is 1. The van der Waals surface area contributed by atoms with Crippen molar-refractivity contribution in [2.75, 3.05) is 13.7 Å². The SMILES string of the molecule is COc1ccccc1C(=O)NCCCc1nc2ccccc2n1Cc1ccc(F)cc1. The molecule has 1 N–H and O–H groups in total. The highest BCUT2D eigenvalue weighted by atomic mass is 19.1. The monoisotopic (exact) mass is 417 g/mol. The van der Waals surface area contributed by atoms with Crippen LogP contribution in [0.4, 0.5) is 4.39 Å². The molecule has 0 aliphatic carbocycles. The summed E-state index contributed by atoms with van der Waals surface area (Å²) in [5, 5.41) is 2.96. The number of fused-ring (bicyclic) bond motifs is 1. The Morgan fingerprint density at radius 1 is 1.03 bits per heavy atom. The van der Waals surface area contributed by atoms with Gasteiger partial charge in [-0.25, -0.2) is 9.37 Å². The molecule has 4 rings (SSSR count). The standard InChI is InChI=1S/C25H24FN3O2/c1-31-23-10-5-2-7-20(23)25(30)27-16-6-11-24-28-21-8-3-4-9-22(21)29(24)17-18-12-14-19(26)15-13-18/h2-5,7-10,12-15H,6,11,16-17H2,1H3,(H,27,30). The molecule has 6 heteroatoms. The lowest BCUT2D eigenvalue weighted by atomic mass is 10.2. The maximum Gasteiger partial charge on any atom is 0.255 e. The second kappa shape index (κ2) is 9.43. The Balaban J connectivity index is 1.44. The molecule has 0 saturated heterocycles. The second-order valence-electron chi connectivity index (χ2n) is 7.29. The highest BCUT2D eigenvalue weighted by molar-refractivity contribution is 5.96. The van der Waals surface area contributed by atoms with Gasteiger partial charge in [0.25, 0.3) is 5.91 Å². The molecule has 0 spiro atoms. The zero-order valence-electron chi connectivity index (χ0n) is 17.3. The average Bonchev–Trinajstić information content (AvgIpc) is 3.15. The van der Waals surface area contributed by atoms with Crippen LogP contribution in [0.5, 0.6) is 5.75 Å². The van der Waals surface area contributed by atoms with Crippen molar-refractivity contribution in [2.24, 2.45) is 0 Å². The number of methoxy groups -OCH3 is 1. The molecule has 0 radical (unpaired) electrons. The van der Waals surface area contributed by atoms with Gasteiger partial charge in [0.1, 0.15) is 17.4 Å². The summed E-state index contributed by atoms with van der Waals surface area (Å²) in [6.07, 6.45) is 1.45. The van der Waals surface area contributed by atoms with Crippen LogP contribution in [0.2, 0.25) is 0 Å². The second-order valence-corrected chi connectivity index (χ2v) is 7.29. The minimum absolute atomic E-state index is 0.155. The molecule has 0 unspecified atom stereocenters. The van der Waals surface area contributed by atoms with Crippen molar-refractivity contribution < 1.29 is 13.9 Å². The Bertz CT molecular complexity index is 1190. The number of benzene rings is 3. The van der Waals surface area contributed by atoms with Crippen LogP contribution in [-0.4, -0.2) is 29.1 Å². The van der Waals surface area contributed by atoms with E-state index in [1.165, 1.54) is 12.1 Å². The molecular weight excluding hydrogens is 393 g/mol. The Hall–Kier alpha value is -3.67. The number of nitrogens with one attached hydrogen (secondary N) is 1. The van der Waals surface area contributed by atoms with Crippen LogP contribution in [0.25, 0.3) is 11.0 Å². The van der Waals surface area contributed by atoms with E-state index in [0.29, 0.717) is 30.8 Å². The molecule has 0 aliphatic heterocycles. The first-order valence-electron chi connectivity index (χ1n) is 10.3. The predicted molar refractivity (Wildman–Crippen MR) is 119 cm³/mol. The van der Waals surface area contributed by atoms with Crippen LogP contribution in [0.1, 0.15) is 28.2 Å². The molecule has 0 aliphatic rings. The molecule has 0 bridgehead atoms. The summed E-state index contributed by atoms with van der Waals surface area (Å²) in [5.41, 5.74) is 3.50. The van der Waals surface area contributed by atoms with E-state index in [-0.39, 0.29) is 11.7 Å². The third kappa shape index (κ3) is 4.74. The predicted octanol–water partition coefficient (Wildman–Crippen LogP) is 4.59. The van der Waals surface area contributed by atoms with E-state index >= 15 is 0 Å². The molecular formula is C25H24FN3O2. The number of hydrogen-bond acceptors (Lipinski definition) is 3. The molecule has 0 saturated carbocycles. The molecule has 4 aromatic rings. The van der Waals surface area contributed by atoms with E-state index in [1.54, 1.807) is 31.4 Å². The number of aromatic nitrogens is 2. The number of aryl methyl sites for hydroxylation is 1. The molecule has 31 heavy (non-hydrogen) atoms. The third-order valence-electron chi connectivity index (χ3n) is 5.20. The van der Waals surface area contributed by atoms with Crippen LogP contribution in [0.3, 0.4) is 0 Å². The first kappa shape index (κ1) is 20.6. The van der Waals surface area contributed by atoms with Crippen molar-refractivity contribution in [1.29, 1.82) is 0 Å². The minimum atomic E-state index is -0.245. The number of carbonyl (C=O) groups excluding carboxylic acids is 1. The van der Waals surface area contributed by atoms with Crippen molar-refractivity contribution >= 4 is 16.9 Å². The van der Waals surface area contributed by atoms with Gasteiger partial charge in [-0.2, -0.15) is 0 Å². The van der Waals surface area contributed by atoms with Gasteiger partial charge in [0.15, 0.2) is 0 Å². The number of halogens is 1. The van der Waals surface area contributed by atoms with E-state index in [2.05, 4.69) is 9.88 Å². The van der Waals surface area contributed by atoms with Gasteiger partial charge >= 0.3 is 0 Å². The molecule has 1 aromatic heterocycles. The number of amides is 1. The van der Waals surface area contributed by atoms with Crippen LogP contribution in [0.15, 0.2) is 72.8 Å². The van der Waals surface area contributed by atoms with Crippen molar-refractivity contribution in [1.82, 2.24) is 14.9 Å². The molecule has 1 heterocycles. The van der Waals surface area contributed by atoms with Gasteiger partial charge in [-0.15, -0.1) is 0 Å². The molecule has 0 fully saturated rings. The first-order chi connectivity index (χ1) is 15.2. The maximum atomic E-state index is 13.3. The van der Waals surface area contributed by atoms with Crippen LogP contribution in [0, 0.1) is 5.82 Å². The Kier molecular flexibility index (Phi) is 6.26. The smallest absolute Gasteiger partial charge is 0.255 e. The Morgan fingerprint density at radius 3 is 2.58 bits per heavy atom. The summed E-state index contributed by atoms with van der Waals surface area (Å²) in [6, 6.07) is 21.7. The van der Waals surface area contributed by atoms with E-state index in [0.717, 1.165) is 28.8 Å². The number of nitrogens with zero attached hydrogens (tertiary/aromatic N) is 2. The van der Waals surface area contributed by atoms with Gasteiger partial charge in [0, 0.05) is 19.5 Å². The molecule has 3 aromatic carbocycles. The van der Waals surface area contributed by atoms with E-state index in [9.17, 15) is 9.18 Å². The quantitative estimate of drug-likeness (QED) is 0.427. The summed E-state index contributed by atoms with van der Waals surface area (Å²) in [5.74, 6) is 1.10. The summed E-state index contributed by atoms with van der Waals surface area (Å²) in [4.78, 5) is 17.3. The molecule has 158 valence electrons. The largest absolute Gasteiger partial charge is 0.496 e. The number of rotatable bonds is 8. The lowest BCUT2D eigenvalue weighted by molar-refractivity contribution is 0.0950. The van der Waals surface area contributed by atoms with Crippen LogP contribution < -0.4 is 10.1 Å². The van der Waals surface area contributed by atoms with Crippen LogP contribution in [-0.2, 0) is 13.0 Å². The number of ether oxygens (including phenoxy) is 1. The fraction of sp³-hybridized carbons (Fsp3) is 0.200. The van der Waals surface area contributed by atoms with Crippen LogP contribution >= 0.6 is 0 Å². The zero-order chi connectivity index (χ0) is 21.6. The summed E-state index contributed by atoms with van der Waals surface area (Å²) in [6.45, 7) is 1.14. The fourth-order valence-corrected chi connectivity index (χ4v) is 3.64. The Labute approximate surface area is 180 Å². The summed E-state index contributed by atoms with van der Waals surface area (Å²) >= 11 is 0. The molecule has 5 nitrogen and oxygen atoms in total. The topological polar surface area (TPSA) is 56.1 Å². The number of hydrogen-bond donors (Lipinski definition) is 1. The first-order valence-corrected chi connectivity index (χ1v) is 10.3. The maximum absolute atomic E-state index is 13.3. The van der Waals surface area contributed by atoms with E-state index in [1.807, 2.05) is 36.4 Å². The molecule has 0 atom stereocenters. The fourth-order valence-electron chi connectivity index (χ4n) is 3.64. The lowest BCUT2D eigenvalue weighted by Crippen LogP contribution is -2.25. The summed E-state index contributed by atoms with van der Waals surface area (Å²) in [7, 11) is 1.55. The van der Waals surface area contributed by atoms with Gasteiger partial charge < -0.3 is 14.6 Å². The zero-order valence-corrected chi connectivity index (χ0v) is 17.3. The van der Waals surface area contributed by atoms with Gasteiger partial charge in [0.2, 0.25) is 0 Å². The van der Waals surface area contributed by atoms with Gasteiger partial charge in [-0.05, 0) is 48.4 Å². The number of carbonyl (C=O) groups is 1. The highest BCUT2D eigenvalue weighted by Crippen LogP contribution is 2.20.